The summed E-state index contributed by atoms with van der Waals surface area (Å²) in [6.07, 6.45) is 0. The number of thiophene rings is 1. The predicted octanol–water partition coefficient (Wildman–Crippen LogP) is 4.81. The molecule has 3 heterocycles. The predicted molar refractivity (Wildman–Crippen MR) is 126 cm³/mol. The third-order valence-electron chi connectivity index (χ3n) is 4.83. The number of carbonyl (C=O) groups is 1. The van der Waals surface area contributed by atoms with Crippen molar-refractivity contribution < 1.29 is 14.3 Å². The molecule has 32 heavy (non-hydrogen) atoms. The highest BCUT2D eigenvalue weighted by Crippen LogP contribution is 2.33. The maximum absolute atomic E-state index is 12.6. The van der Waals surface area contributed by atoms with Crippen LogP contribution in [0.3, 0.4) is 0 Å². The SMILES string of the molecule is Cc1ccc(-n2c(SCC(=O)Nc3ccc4c(c3)OCCO4)nnc2-c2cccs2)cc1. The van der Waals surface area contributed by atoms with Gasteiger partial charge in [-0.05, 0) is 42.6 Å². The number of hydrogen-bond acceptors (Lipinski definition) is 7. The lowest BCUT2D eigenvalue weighted by Crippen LogP contribution is -2.17. The van der Waals surface area contributed by atoms with E-state index >= 15 is 0 Å². The van der Waals surface area contributed by atoms with Gasteiger partial charge >= 0.3 is 0 Å². The quantitative estimate of drug-likeness (QED) is 0.413. The van der Waals surface area contributed by atoms with E-state index in [2.05, 4.69) is 27.6 Å². The number of amides is 1. The zero-order valence-corrected chi connectivity index (χ0v) is 18.9. The zero-order chi connectivity index (χ0) is 21.9. The van der Waals surface area contributed by atoms with Crippen molar-refractivity contribution in [3.8, 4) is 27.9 Å². The fourth-order valence-electron chi connectivity index (χ4n) is 3.30. The van der Waals surface area contributed by atoms with Crippen molar-refractivity contribution in [2.75, 3.05) is 24.3 Å². The normalized spacial score (nSPS) is 12.5. The number of benzene rings is 2. The molecule has 0 fully saturated rings. The van der Waals surface area contributed by atoms with Crippen molar-refractivity contribution in [1.29, 1.82) is 0 Å². The van der Waals surface area contributed by atoms with Gasteiger partial charge in [0, 0.05) is 17.4 Å². The van der Waals surface area contributed by atoms with Gasteiger partial charge in [0.05, 0.1) is 10.6 Å². The molecule has 1 aliphatic heterocycles. The lowest BCUT2D eigenvalue weighted by molar-refractivity contribution is -0.113. The smallest absolute Gasteiger partial charge is 0.234 e. The van der Waals surface area contributed by atoms with Gasteiger partial charge in [-0.15, -0.1) is 21.5 Å². The van der Waals surface area contributed by atoms with E-state index in [-0.39, 0.29) is 11.7 Å². The van der Waals surface area contributed by atoms with E-state index in [1.807, 2.05) is 41.1 Å². The molecule has 0 bridgehead atoms. The molecule has 9 heteroatoms. The van der Waals surface area contributed by atoms with Crippen LogP contribution in [0, 0.1) is 6.92 Å². The molecule has 1 N–H and O–H groups in total. The Morgan fingerprint density at radius 2 is 1.91 bits per heavy atom. The number of aryl methyl sites for hydroxylation is 1. The topological polar surface area (TPSA) is 78.3 Å². The lowest BCUT2D eigenvalue weighted by Gasteiger charge is -2.19. The fourth-order valence-corrected chi connectivity index (χ4v) is 4.75. The Bertz CT molecular complexity index is 1240. The van der Waals surface area contributed by atoms with E-state index in [1.165, 1.54) is 17.3 Å². The van der Waals surface area contributed by atoms with E-state index in [0.717, 1.165) is 16.4 Å². The van der Waals surface area contributed by atoms with E-state index in [0.29, 0.717) is 35.6 Å². The van der Waals surface area contributed by atoms with Crippen molar-refractivity contribution in [1.82, 2.24) is 14.8 Å². The van der Waals surface area contributed by atoms with Crippen LogP contribution >= 0.6 is 23.1 Å². The van der Waals surface area contributed by atoms with E-state index in [9.17, 15) is 4.79 Å². The summed E-state index contributed by atoms with van der Waals surface area (Å²) >= 11 is 2.95. The lowest BCUT2D eigenvalue weighted by atomic mass is 10.2. The van der Waals surface area contributed by atoms with Gasteiger partial charge in [-0.3, -0.25) is 9.36 Å². The second kappa shape index (κ2) is 9.05. The van der Waals surface area contributed by atoms with Crippen LogP contribution in [-0.4, -0.2) is 39.6 Å². The molecule has 7 nitrogen and oxygen atoms in total. The molecule has 0 spiro atoms. The molecular weight excluding hydrogens is 444 g/mol. The fraction of sp³-hybridized carbons (Fsp3) is 0.174. The largest absolute Gasteiger partial charge is 0.486 e. The van der Waals surface area contributed by atoms with Crippen molar-refractivity contribution >= 4 is 34.7 Å². The first-order valence-electron chi connectivity index (χ1n) is 10.1. The zero-order valence-electron chi connectivity index (χ0n) is 17.3. The number of aromatic nitrogens is 3. The second-order valence-corrected chi connectivity index (χ2v) is 9.04. The molecule has 0 radical (unpaired) electrons. The van der Waals surface area contributed by atoms with Crippen LogP contribution in [0.25, 0.3) is 16.4 Å². The van der Waals surface area contributed by atoms with Gasteiger partial charge in [-0.2, -0.15) is 0 Å². The summed E-state index contributed by atoms with van der Waals surface area (Å²) in [4.78, 5) is 13.6. The van der Waals surface area contributed by atoms with Crippen LogP contribution in [0.1, 0.15) is 5.56 Å². The first-order chi connectivity index (χ1) is 15.7. The minimum absolute atomic E-state index is 0.136. The van der Waals surface area contributed by atoms with Gasteiger partial charge in [-0.25, -0.2) is 0 Å². The van der Waals surface area contributed by atoms with Gasteiger partial charge in [0.15, 0.2) is 22.5 Å². The Labute approximate surface area is 193 Å². The summed E-state index contributed by atoms with van der Waals surface area (Å²) < 4.78 is 13.1. The number of thioether (sulfide) groups is 1. The second-order valence-electron chi connectivity index (χ2n) is 7.15. The van der Waals surface area contributed by atoms with Crippen molar-refractivity contribution in [3.63, 3.8) is 0 Å². The van der Waals surface area contributed by atoms with E-state index < -0.39 is 0 Å². The standard InChI is InChI=1S/C23H20N4O3S2/c1-15-4-7-17(8-5-15)27-22(20-3-2-12-31-20)25-26-23(27)32-14-21(28)24-16-6-9-18-19(13-16)30-11-10-29-18/h2-9,12-13H,10-11,14H2,1H3,(H,24,28). The van der Waals surface area contributed by atoms with Crippen LogP contribution in [0.4, 0.5) is 5.69 Å². The van der Waals surface area contributed by atoms with Crippen LogP contribution in [0.2, 0.25) is 0 Å². The van der Waals surface area contributed by atoms with Crippen molar-refractivity contribution in [2.45, 2.75) is 12.1 Å². The molecule has 5 rings (SSSR count). The number of fused-ring (bicyclic) bond motifs is 1. The van der Waals surface area contributed by atoms with Gasteiger partial charge in [-0.1, -0.05) is 35.5 Å². The third kappa shape index (κ3) is 4.35. The summed E-state index contributed by atoms with van der Waals surface area (Å²) in [7, 11) is 0. The summed E-state index contributed by atoms with van der Waals surface area (Å²) in [5, 5.41) is 14.4. The summed E-state index contributed by atoms with van der Waals surface area (Å²) in [5.41, 5.74) is 2.80. The Morgan fingerprint density at radius 1 is 1.09 bits per heavy atom. The van der Waals surface area contributed by atoms with Crippen molar-refractivity contribution in [3.05, 3.63) is 65.5 Å². The molecule has 4 aromatic rings. The molecule has 0 saturated carbocycles. The number of carbonyl (C=O) groups excluding carboxylic acids is 1. The molecular formula is C23H20N4O3S2. The first kappa shape index (κ1) is 20.6. The summed E-state index contributed by atoms with van der Waals surface area (Å²) in [6.45, 7) is 3.08. The molecule has 162 valence electrons. The highest BCUT2D eigenvalue weighted by atomic mass is 32.2. The highest BCUT2D eigenvalue weighted by molar-refractivity contribution is 7.99. The minimum Gasteiger partial charge on any atom is -0.486 e. The van der Waals surface area contributed by atoms with Gasteiger partial charge in [0.1, 0.15) is 13.2 Å². The highest BCUT2D eigenvalue weighted by Gasteiger charge is 2.18. The van der Waals surface area contributed by atoms with Gasteiger partial charge in [0.25, 0.3) is 0 Å². The van der Waals surface area contributed by atoms with Crippen LogP contribution < -0.4 is 14.8 Å². The Kier molecular flexibility index (Phi) is 5.83. The maximum Gasteiger partial charge on any atom is 0.234 e. The molecule has 0 unspecified atom stereocenters. The molecule has 1 amide bonds. The molecule has 0 aliphatic carbocycles. The Morgan fingerprint density at radius 3 is 2.69 bits per heavy atom. The molecule has 0 atom stereocenters. The number of anilines is 1. The Balaban J connectivity index is 1.34. The van der Waals surface area contributed by atoms with Crippen LogP contribution in [-0.2, 0) is 4.79 Å². The average molecular weight is 465 g/mol. The van der Waals surface area contributed by atoms with Crippen molar-refractivity contribution in [2.24, 2.45) is 0 Å². The van der Waals surface area contributed by atoms with Gasteiger partial charge in [0.2, 0.25) is 5.91 Å². The summed E-state index contributed by atoms with van der Waals surface area (Å²) in [5.74, 6) is 2.15. The van der Waals surface area contributed by atoms with Crippen LogP contribution in [0.5, 0.6) is 11.5 Å². The van der Waals surface area contributed by atoms with Gasteiger partial charge < -0.3 is 14.8 Å². The number of nitrogens with zero attached hydrogens (tertiary/aromatic N) is 3. The molecule has 1 aliphatic rings. The number of ether oxygens (including phenoxy) is 2. The number of rotatable bonds is 6. The molecule has 2 aromatic carbocycles. The first-order valence-corrected chi connectivity index (χ1v) is 11.9. The maximum atomic E-state index is 12.6. The minimum atomic E-state index is -0.136. The third-order valence-corrected chi connectivity index (χ3v) is 6.62. The number of hydrogen-bond donors (Lipinski definition) is 1. The van der Waals surface area contributed by atoms with E-state index in [1.54, 1.807) is 29.5 Å². The Hall–Kier alpha value is -3.30. The number of nitrogens with one attached hydrogen (secondary N) is 1. The average Bonchev–Trinajstić information content (AvgIpc) is 3.48. The molecule has 0 saturated heterocycles. The summed E-state index contributed by atoms with van der Waals surface area (Å²) in [6, 6.07) is 17.6. The van der Waals surface area contributed by atoms with Crippen LogP contribution in [0.15, 0.2) is 65.1 Å². The van der Waals surface area contributed by atoms with E-state index in [4.69, 9.17) is 9.47 Å². The monoisotopic (exact) mass is 464 g/mol. The molecule has 2 aromatic heterocycles.